The molecule has 0 heterocycles. The number of carbonyl (C=O) groups excluding carboxylic acids is 2. The second-order valence-corrected chi connectivity index (χ2v) is 5.78. The fraction of sp³-hybridized carbons (Fsp3) is 0.100. The third kappa shape index (κ3) is 3.30. The van der Waals surface area contributed by atoms with E-state index in [0.29, 0.717) is 16.6 Å². The van der Waals surface area contributed by atoms with Crippen molar-refractivity contribution in [1.29, 1.82) is 0 Å². The lowest BCUT2D eigenvalue weighted by atomic mass is 10.0. The predicted molar refractivity (Wildman–Crippen MR) is 98.1 cm³/mol. The molecular weight excluding hydrogens is 316 g/mol. The van der Waals surface area contributed by atoms with Crippen molar-refractivity contribution in [1.82, 2.24) is 5.32 Å². The van der Waals surface area contributed by atoms with Crippen LogP contribution in [-0.4, -0.2) is 24.0 Å². The molecule has 3 N–H and O–H groups in total. The summed E-state index contributed by atoms with van der Waals surface area (Å²) in [6.45, 7) is 1.89. The van der Waals surface area contributed by atoms with Gasteiger partial charge in [-0.15, -0.1) is 0 Å². The van der Waals surface area contributed by atoms with E-state index in [4.69, 9.17) is 0 Å². The van der Waals surface area contributed by atoms with Gasteiger partial charge in [-0.05, 0) is 53.6 Å². The van der Waals surface area contributed by atoms with Gasteiger partial charge in [-0.2, -0.15) is 0 Å². The van der Waals surface area contributed by atoms with E-state index in [0.717, 1.165) is 10.9 Å². The highest BCUT2D eigenvalue weighted by molar-refractivity contribution is 6.09. The minimum absolute atomic E-state index is 0.105. The average molecular weight is 334 g/mol. The van der Waals surface area contributed by atoms with Gasteiger partial charge in [-0.3, -0.25) is 9.59 Å². The van der Waals surface area contributed by atoms with Crippen LogP contribution < -0.4 is 10.6 Å². The molecule has 0 saturated heterocycles. The molecule has 0 spiro atoms. The largest absolute Gasteiger partial charge is 0.507 e. The lowest BCUT2D eigenvalue weighted by Crippen LogP contribution is -2.17. The molecule has 25 heavy (non-hydrogen) atoms. The molecule has 0 aromatic heterocycles. The zero-order valence-electron chi connectivity index (χ0n) is 14.0. The van der Waals surface area contributed by atoms with Crippen molar-refractivity contribution in [3.8, 4) is 5.75 Å². The molecule has 0 fully saturated rings. The fourth-order valence-electron chi connectivity index (χ4n) is 2.66. The number of phenolic OH excluding ortho intramolecular Hbond substituents is 1. The molecule has 3 aromatic rings. The highest BCUT2D eigenvalue weighted by Gasteiger charge is 2.14. The van der Waals surface area contributed by atoms with Crippen LogP contribution in [0.25, 0.3) is 10.8 Å². The number of carbonyl (C=O) groups is 2. The molecule has 0 saturated carbocycles. The zero-order valence-corrected chi connectivity index (χ0v) is 14.0. The molecule has 3 rings (SSSR count). The monoisotopic (exact) mass is 334 g/mol. The van der Waals surface area contributed by atoms with E-state index in [-0.39, 0.29) is 17.2 Å². The van der Waals surface area contributed by atoms with Crippen molar-refractivity contribution < 1.29 is 14.7 Å². The van der Waals surface area contributed by atoms with Crippen LogP contribution in [0, 0.1) is 6.92 Å². The summed E-state index contributed by atoms with van der Waals surface area (Å²) in [5, 5.41) is 17.0. The van der Waals surface area contributed by atoms with Crippen LogP contribution in [0.4, 0.5) is 5.69 Å². The first-order valence-electron chi connectivity index (χ1n) is 7.85. The highest BCUT2D eigenvalue weighted by Crippen LogP contribution is 2.27. The molecule has 126 valence electrons. The Kier molecular flexibility index (Phi) is 4.39. The average Bonchev–Trinajstić information content (AvgIpc) is 2.62. The Bertz CT molecular complexity index is 980. The maximum absolute atomic E-state index is 12.6. The number of aryl methyl sites for hydroxylation is 1. The van der Waals surface area contributed by atoms with Gasteiger partial charge < -0.3 is 15.7 Å². The summed E-state index contributed by atoms with van der Waals surface area (Å²) in [7, 11) is 1.56. The quantitative estimate of drug-likeness (QED) is 0.686. The third-order valence-electron chi connectivity index (χ3n) is 4.08. The van der Waals surface area contributed by atoms with E-state index in [1.54, 1.807) is 37.4 Å². The first-order valence-corrected chi connectivity index (χ1v) is 7.85. The molecule has 0 bridgehead atoms. The van der Waals surface area contributed by atoms with Crippen molar-refractivity contribution >= 4 is 28.3 Å². The molecular formula is C20H18N2O3. The summed E-state index contributed by atoms with van der Waals surface area (Å²) in [6.07, 6.45) is 0. The van der Waals surface area contributed by atoms with Crippen molar-refractivity contribution in [3.63, 3.8) is 0 Å². The van der Waals surface area contributed by atoms with Crippen LogP contribution in [0.1, 0.15) is 26.3 Å². The fourth-order valence-corrected chi connectivity index (χ4v) is 2.66. The SMILES string of the molecule is CNC(=O)c1ccc2cc(O)c(C(=O)Nc3ccccc3C)cc2c1. The molecule has 0 aliphatic carbocycles. The Labute approximate surface area is 145 Å². The van der Waals surface area contributed by atoms with Gasteiger partial charge >= 0.3 is 0 Å². The first-order chi connectivity index (χ1) is 12.0. The Hall–Kier alpha value is -3.34. The van der Waals surface area contributed by atoms with Crippen molar-refractivity contribution in [3.05, 3.63) is 71.3 Å². The Morgan fingerprint density at radius 2 is 1.68 bits per heavy atom. The van der Waals surface area contributed by atoms with Gasteiger partial charge in [0.1, 0.15) is 5.75 Å². The second-order valence-electron chi connectivity index (χ2n) is 5.78. The minimum atomic E-state index is -0.404. The molecule has 5 heteroatoms. The van der Waals surface area contributed by atoms with Crippen LogP contribution in [-0.2, 0) is 0 Å². The third-order valence-corrected chi connectivity index (χ3v) is 4.08. The van der Waals surface area contributed by atoms with E-state index in [1.165, 1.54) is 6.07 Å². The predicted octanol–water partition coefficient (Wildman–Crippen LogP) is 3.47. The van der Waals surface area contributed by atoms with Gasteiger partial charge in [0.2, 0.25) is 0 Å². The molecule has 0 unspecified atom stereocenters. The normalized spacial score (nSPS) is 10.5. The van der Waals surface area contributed by atoms with Crippen LogP contribution in [0.3, 0.4) is 0 Å². The van der Waals surface area contributed by atoms with Gasteiger partial charge in [0, 0.05) is 18.3 Å². The number of rotatable bonds is 3. The summed E-state index contributed by atoms with van der Waals surface area (Å²) in [5.74, 6) is -0.716. The van der Waals surface area contributed by atoms with E-state index < -0.39 is 5.91 Å². The number of para-hydroxylation sites is 1. The lowest BCUT2D eigenvalue weighted by molar-refractivity contribution is 0.0962. The number of hydrogen-bond acceptors (Lipinski definition) is 3. The van der Waals surface area contributed by atoms with E-state index >= 15 is 0 Å². The minimum Gasteiger partial charge on any atom is -0.507 e. The summed E-state index contributed by atoms with van der Waals surface area (Å²) in [4.78, 5) is 24.3. The number of anilines is 1. The highest BCUT2D eigenvalue weighted by atomic mass is 16.3. The first kappa shape index (κ1) is 16.5. The van der Waals surface area contributed by atoms with E-state index in [9.17, 15) is 14.7 Å². The molecule has 2 amide bonds. The van der Waals surface area contributed by atoms with Gasteiger partial charge in [0.05, 0.1) is 5.56 Å². The standard InChI is InChI=1S/C20H18N2O3/c1-12-5-3-4-6-17(12)22-20(25)16-10-15-9-14(19(24)21-2)8-7-13(15)11-18(16)23/h3-11,23H,1-2H3,(H,21,24)(H,22,25). The van der Waals surface area contributed by atoms with Crippen molar-refractivity contribution in [2.75, 3.05) is 12.4 Å². The zero-order chi connectivity index (χ0) is 18.0. The van der Waals surface area contributed by atoms with Gasteiger partial charge in [0.15, 0.2) is 0 Å². The number of hydrogen-bond donors (Lipinski definition) is 3. The summed E-state index contributed by atoms with van der Waals surface area (Å²) >= 11 is 0. The second kappa shape index (κ2) is 6.65. The Balaban J connectivity index is 2.00. The topological polar surface area (TPSA) is 78.4 Å². The molecule has 0 aliphatic heterocycles. The van der Waals surface area contributed by atoms with Gasteiger partial charge in [-0.1, -0.05) is 24.3 Å². The Morgan fingerprint density at radius 3 is 2.40 bits per heavy atom. The lowest BCUT2D eigenvalue weighted by Gasteiger charge is -2.11. The summed E-state index contributed by atoms with van der Waals surface area (Å²) in [6, 6.07) is 15.6. The number of phenols is 1. The maximum Gasteiger partial charge on any atom is 0.259 e. The van der Waals surface area contributed by atoms with Crippen molar-refractivity contribution in [2.45, 2.75) is 6.92 Å². The van der Waals surface area contributed by atoms with E-state index in [1.807, 2.05) is 25.1 Å². The van der Waals surface area contributed by atoms with Crippen LogP contribution in [0.15, 0.2) is 54.6 Å². The molecule has 5 nitrogen and oxygen atoms in total. The summed E-state index contributed by atoms with van der Waals surface area (Å²) < 4.78 is 0. The number of aromatic hydroxyl groups is 1. The molecule has 0 radical (unpaired) electrons. The molecule has 0 aliphatic rings. The molecule has 0 atom stereocenters. The summed E-state index contributed by atoms with van der Waals surface area (Å²) in [5.41, 5.74) is 2.26. The number of amides is 2. The van der Waals surface area contributed by atoms with Crippen LogP contribution in [0.2, 0.25) is 0 Å². The van der Waals surface area contributed by atoms with Gasteiger partial charge in [0.25, 0.3) is 11.8 Å². The number of benzene rings is 3. The maximum atomic E-state index is 12.6. The van der Waals surface area contributed by atoms with Crippen molar-refractivity contribution in [2.24, 2.45) is 0 Å². The molecule has 3 aromatic carbocycles. The van der Waals surface area contributed by atoms with Crippen LogP contribution >= 0.6 is 0 Å². The number of fused-ring (bicyclic) bond motifs is 1. The smallest absolute Gasteiger partial charge is 0.259 e. The van der Waals surface area contributed by atoms with Gasteiger partial charge in [-0.25, -0.2) is 0 Å². The van der Waals surface area contributed by atoms with E-state index in [2.05, 4.69) is 10.6 Å². The Morgan fingerprint density at radius 1 is 0.920 bits per heavy atom. The van der Waals surface area contributed by atoms with Crippen LogP contribution in [0.5, 0.6) is 5.75 Å². The number of nitrogens with one attached hydrogen (secondary N) is 2.